The van der Waals surface area contributed by atoms with E-state index in [0.717, 1.165) is 31.7 Å². The van der Waals surface area contributed by atoms with E-state index in [1.54, 1.807) is 12.3 Å². The zero-order chi connectivity index (χ0) is 14.0. The number of piperidine rings is 1. The highest BCUT2D eigenvalue weighted by Crippen LogP contribution is 2.35. The first-order valence-corrected chi connectivity index (χ1v) is 7.11. The minimum atomic E-state index is -0.486. The standard InChI is InChI=1S/C15H19N3O2/c1-15(19-8-9-20-15)13-5-3-7-18(11-13)14-12(10-16)4-2-6-17-14/h2,4,6,13H,3,5,7-9,11H2,1H3/t13-/m1/s1. The number of hydrogen-bond donors (Lipinski definition) is 0. The Morgan fingerprint density at radius 3 is 3.00 bits per heavy atom. The minimum Gasteiger partial charge on any atom is -0.355 e. The molecule has 0 spiro atoms. The summed E-state index contributed by atoms with van der Waals surface area (Å²) in [6, 6.07) is 5.84. The monoisotopic (exact) mass is 273 g/mol. The van der Waals surface area contributed by atoms with Crippen LogP contribution in [0.2, 0.25) is 0 Å². The topological polar surface area (TPSA) is 58.4 Å². The van der Waals surface area contributed by atoms with E-state index >= 15 is 0 Å². The number of nitriles is 1. The molecule has 0 N–H and O–H groups in total. The van der Waals surface area contributed by atoms with Crippen LogP contribution in [0.15, 0.2) is 18.3 Å². The fourth-order valence-corrected chi connectivity index (χ4v) is 3.10. The van der Waals surface area contributed by atoms with Gasteiger partial charge in [-0.1, -0.05) is 0 Å². The Balaban J connectivity index is 1.80. The highest BCUT2D eigenvalue weighted by atomic mass is 16.7. The van der Waals surface area contributed by atoms with Crippen LogP contribution >= 0.6 is 0 Å². The molecule has 0 radical (unpaired) electrons. The number of pyridine rings is 1. The van der Waals surface area contributed by atoms with Crippen molar-refractivity contribution < 1.29 is 9.47 Å². The molecule has 0 bridgehead atoms. The first kappa shape index (κ1) is 13.3. The second-order valence-corrected chi connectivity index (χ2v) is 5.48. The maximum atomic E-state index is 9.21. The van der Waals surface area contributed by atoms with Gasteiger partial charge in [0.2, 0.25) is 0 Å². The molecular formula is C15H19N3O2. The summed E-state index contributed by atoms with van der Waals surface area (Å²) in [6.45, 7) is 5.11. The van der Waals surface area contributed by atoms with Crippen molar-refractivity contribution in [3.63, 3.8) is 0 Å². The summed E-state index contributed by atoms with van der Waals surface area (Å²) in [5, 5.41) is 9.21. The van der Waals surface area contributed by atoms with Gasteiger partial charge in [-0.05, 0) is 31.9 Å². The van der Waals surface area contributed by atoms with E-state index < -0.39 is 5.79 Å². The van der Waals surface area contributed by atoms with Gasteiger partial charge in [0.15, 0.2) is 5.79 Å². The maximum Gasteiger partial charge on any atom is 0.170 e. The van der Waals surface area contributed by atoms with Gasteiger partial charge in [0.05, 0.1) is 18.8 Å². The van der Waals surface area contributed by atoms with Crippen LogP contribution in [0.3, 0.4) is 0 Å². The Bertz CT molecular complexity index is 520. The molecule has 3 rings (SSSR count). The number of aromatic nitrogens is 1. The molecule has 2 saturated heterocycles. The van der Waals surface area contributed by atoms with E-state index in [0.29, 0.717) is 24.7 Å². The molecule has 0 aliphatic carbocycles. The molecule has 1 aromatic rings. The van der Waals surface area contributed by atoms with Crippen LogP contribution in [0.1, 0.15) is 25.3 Å². The highest BCUT2D eigenvalue weighted by molar-refractivity contribution is 5.53. The number of hydrogen-bond acceptors (Lipinski definition) is 5. The second kappa shape index (κ2) is 5.39. The molecule has 5 nitrogen and oxygen atoms in total. The van der Waals surface area contributed by atoms with Crippen LogP contribution in [0, 0.1) is 17.2 Å². The fraction of sp³-hybridized carbons (Fsp3) is 0.600. The van der Waals surface area contributed by atoms with Gasteiger partial charge in [0, 0.05) is 25.2 Å². The van der Waals surface area contributed by atoms with Crippen LogP contribution in [0.25, 0.3) is 0 Å². The van der Waals surface area contributed by atoms with Gasteiger partial charge in [-0.25, -0.2) is 4.98 Å². The van der Waals surface area contributed by atoms with E-state index in [4.69, 9.17) is 9.47 Å². The molecule has 0 aromatic carbocycles. The molecule has 1 aromatic heterocycles. The number of nitrogens with zero attached hydrogens (tertiary/aromatic N) is 3. The zero-order valence-electron chi connectivity index (χ0n) is 11.7. The van der Waals surface area contributed by atoms with Crippen LogP contribution in [0.5, 0.6) is 0 Å². The van der Waals surface area contributed by atoms with E-state index in [9.17, 15) is 5.26 Å². The molecule has 3 heterocycles. The number of rotatable bonds is 2. The van der Waals surface area contributed by atoms with Gasteiger partial charge in [-0.3, -0.25) is 0 Å². The molecule has 20 heavy (non-hydrogen) atoms. The van der Waals surface area contributed by atoms with Crippen molar-refractivity contribution in [3.8, 4) is 6.07 Å². The SMILES string of the molecule is CC1([C@@H]2CCCN(c3ncccc3C#N)C2)OCCO1. The van der Waals surface area contributed by atoms with Gasteiger partial charge in [-0.2, -0.15) is 5.26 Å². The highest BCUT2D eigenvalue weighted by Gasteiger charge is 2.42. The average Bonchev–Trinajstić information content (AvgIpc) is 2.95. The predicted molar refractivity (Wildman–Crippen MR) is 74.2 cm³/mol. The summed E-state index contributed by atoms with van der Waals surface area (Å²) >= 11 is 0. The molecule has 0 amide bonds. The zero-order valence-corrected chi connectivity index (χ0v) is 11.7. The minimum absolute atomic E-state index is 0.312. The lowest BCUT2D eigenvalue weighted by Gasteiger charge is -2.40. The summed E-state index contributed by atoms with van der Waals surface area (Å²) in [5.74, 6) is 0.605. The summed E-state index contributed by atoms with van der Waals surface area (Å²) in [7, 11) is 0. The predicted octanol–water partition coefficient (Wildman–Crippen LogP) is 1.93. The van der Waals surface area contributed by atoms with Crippen molar-refractivity contribution in [1.29, 1.82) is 5.26 Å². The fourth-order valence-electron chi connectivity index (χ4n) is 3.10. The summed E-state index contributed by atoms with van der Waals surface area (Å²) in [5.41, 5.74) is 0.631. The smallest absolute Gasteiger partial charge is 0.170 e. The molecule has 2 aliphatic heterocycles. The molecule has 5 heteroatoms. The van der Waals surface area contributed by atoms with Crippen LogP contribution in [-0.4, -0.2) is 37.1 Å². The number of ether oxygens (including phenoxy) is 2. The van der Waals surface area contributed by atoms with Gasteiger partial charge in [-0.15, -0.1) is 0 Å². The largest absolute Gasteiger partial charge is 0.355 e. The van der Waals surface area contributed by atoms with Crippen LogP contribution in [-0.2, 0) is 9.47 Å². The lowest BCUT2D eigenvalue weighted by molar-refractivity contribution is -0.182. The van der Waals surface area contributed by atoms with E-state index in [2.05, 4.69) is 16.0 Å². The van der Waals surface area contributed by atoms with Crippen molar-refractivity contribution in [2.75, 3.05) is 31.2 Å². The van der Waals surface area contributed by atoms with Crippen molar-refractivity contribution in [3.05, 3.63) is 23.9 Å². The molecular weight excluding hydrogens is 254 g/mol. The van der Waals surface area contributed by atoms with E-state index in [1.165, 1.54) is 0 Å². The third-order valence-corrected chi connectivity index (χ3v) is 4.23. The Morgan fingerprint density at radius 1 is 1.45 bits per heavy atom. The Kier molecular flexibility index (Phi) is 3.60. The molecule has 0 saturated carbocycles. The molecule has 2 aliphatic rings. The van der Waals surface area contributed by atoms with Crippen molar-refractivity contribution >= 4 is 5.82 Å². The Morgan fingerprint density at radius 2 is 2.25 bits per heavy atom. The third-order valence-electron chi connectivity index (χ3n) is 4.23. The molecule has 2 fully saturated rings. The first-order valence-electron chi connectivity index (χ1n) is 7.11. The van der Waals surface area contributed by atoms with Gasteiger partial charge >= 0.3 is 0 Å². The lowest BCUT2D eigenvalue weighted by atomic mass is 9.90. The quantitative estimate of drug-likeness (QED) is 0.824. The van der Waals surface area contributed by atoms with Gasteiger partial charge < -0.3 is 14.4 Å². The Labute approximate surface area is 119 Å². The summed E-state index contributed by atoms with van der Waals surface area (Å²) in [6.07, 6.45) is 3.89. The lowest BCUT2D eigenvalue weighted by Crippen LogP contribution is -2.47. The third kappa shape index (κ3) is 2.37. The van der Waals surface area contributed by atoms with Crippen LogP contribution in [0.4, 0.5) is 5.82 Å². The normalized spacial score (nSPS) is 25.4. The molecule has 1 atom stereocenters. The van der Waals surface area contributed by atoms with Gasteiger partial charge in [0.25, 0.3) is 0 Å². The Hall–Kier alpha value is -1.64. The second-order valence-electron chi connectivity index (χ2n) is 5.48. The first-order chi connectivity index (χ1) is 9.73. The number of anilines is 1. The van der Waals surface area contributed by atoms with Crippen molar-refractivity contribution in [2.24, 2.45) is 5.92 Å². The maximum absolute atomic E-state index is 9.21. The van der Waals surface area contributed by atoms with Crippen molar-refractivity contribution in [1.82, 2.24) is 4.98 Å². The van der Waals surface area contributed by atoms with Crippen LogP contribution < -0.4 is 4.90 Å². The summed E-state index contributed by atoms with van der Waals surface area (Å²) < 4.78 is 11.6. The van der Waals surface area contributed by atoms with E-state index in [-0.39, 0.29) is 0 Å². The molecule has 0 unspecified atom stereocenters. The van der Waals surface area contributed by atoms with Crippen molar-refractivity contribution in [2.45, 2.75) is 25.6 Å². The van der Waals surface area contributed by atoms with Gasteiger partial charge in [0.1, 0.15) is 11.9 Å². The average molecular weight is 273 g/mol. The molecule has 106 valence electrons. The summed E-state index contributed by atoms with van der Waals surface area (Å²) in [4.78, 5) is 6.56. The van der Waals surface area contributed by atoms with E-state index in [1.807, 2.05) is 13.0 Å².